The van der Waals surface area contributed by atoms with Crippen LogP contribution in [0, 0.1) is 5.82 Å². The highest BCUT2D eigenvalue weighted by molar-refractivity contribution is 5.24. The Morgan fingerprint density at radius 2 is 1.67 bits per heavy atom. The second kappa shape index (κ2) is 7.34. The third kappa shape index (κ3) is 4.13. The van der Waals surface area contributed by atoms with Gasteiger partial charge in [-0.2, -0.15) is 0 Å². The van der Waals surface area contributed by atoms with Crippen LogP contribution < -0.4 is 5.73 Å². The third-order valence-electron chi connectivity index (χ3n) is 3.90. The Morgan fingerprint density at radius 1 is 1.05 bits per heavy atom. The van der Waals surface area contributed by atoms with Crippen molar-refractivity contribution in [3.05, 3.63) is 71.0 Å². The first-order chi connectivity index (χ1) is 10.1. The molecule has 0 aliphatic heterocycles. The van der Waals surface area contributed by atoms with Crippen molar-refractivity contribution in [3.8, 4) is 0 Å². The summed E-state index contributed by atoms with van der Waals surface area (Å²) in [6.07, 6.45) is 0.905. The molecule has 0 aromatic heterocycles. The minimum atomic E-state index is -0.143. The molecule has 0 radical (unpaired) electrons. The molecule has 2 aromatic rings. The summed E-state index contributed by atoms with van der Waals surface area (Å²) in [5.41, 5.74) is 8.77. The maximum absolute atomic E-state index is 13.8. The molecule has 112 valence electrons. The highest BCUT2D eigenvalue weighted by Gasteiger charge is 2.15. The molecule has 0 saturated carbocycles. The van der Waals surface area contributed by atoms with Crippen LogP contribution in [-0.2, 0) is 13.0 Å². The number of hydrogen-bond acceptors (Lipinski definition) is 2. The van der Waals surface area contributed by atoms with Crippen LogP contribution in [0.4, 0.5) is 4.39 Å². The summed E-state index contributed by atoms with van der Waals surface area (Å²) < 4.78 is 13.8. The quantitative estimate of drug-likeness (QED) is 0.880. The van der Waals surface area contributed by atoms with Crippen LogP contribution in [0.5, 0.6) is 0 Å². The predicted molar refractivity (Wildman–Crippen MR) is 85.5 cm³/mol. The van der Waals surface area contributed by atoms with E-state index in [-0.39, 0.29) is 11.9 Å². The van der Waals surface area contributed by atoms with Crippen LogP contribution in [0.1, 0.15) is 29.7 Å². The lowest BCUT2D eigenvalue weighted by molar-refractivity contribution is 0.248. The maximum Gasteiger partial charge on any atom is 0.127 e. The van der Waals surface area contributed by atoms with E-state index in [1.165, 1.54) is 17.2 Å². The average molecular weight is 286 g/mol. The summed E-state index contributed by atoms with van der Waals surface area (Å²) in [7, 11) is 2.02. The third-order valence-corrected chi connectivity index (χ3v) is 3.90. The van der Waals surface area contributed by atoms with Gasteiger partial charge in [0.15, 0.2) is 0 Å². The van der Waals surface area contributed by atoms with E-state index < -0.39 is 0 Å². The normalized spacial score (nSPS) is 12.6. The Balaban J connectivity index is 2.03. The molecule has 2 rings (SSSR count). The largest absolute Gasteiger partial charge is 0.330 e. The first-order valence-electron chi connectivity index (χ1n) is 7.34. The van der Waals surface area contributed by atoms with Crippen molar-refractivity contribution >= 4 is 0 Å². The minimum Gasteiger partial charge on any atom is -0.330 e. The molecule has 3 heteroatoms. The van der Waals surface area contributed by atoms with E-state index in [0.717, 1.165) is 18.5 Å². The number of hydrogen-bond donors (Lipinski definition) is 1. The molecular weight excluding hydrogens is 263 g/mol. The average Bonchev–Trinajstić information content (AvgIpc) is 2.49. The molecular formula is C18H23FN2. The van der Waals surface area contributed by atoms with Gasteiger partial charge >= 0.3 is 0 Å². The summed E-state index contributed by atoms with van der Waals surface area (Å²) >= 11 is 0. The van der Waals surface area contributed by atoms with Crippen LogP contribution >= 0.6 is 0 Å². The highest BCUT2D eigenvalue weighted by atomic mass is 19.1. The molecule has 21 heavy (non-hydrogen) atoms. The van der Waals surface area contributed by atoms with Crippen molar-refractivity contribution in [2.24, 2.45) is 5.73 Å². The molecule has 0 aliphatic carbocycles. The Labute approximate surface area is 126 Å². The Morgan fingerprint density at radius 3 is 2.29 bits per heavy atom. The smallest absolute Gasteiger partial charge is 0.127 e. The fourth-order valence-electron chi connectivity index (χ4n) is 2.45. The van der Waals surface area contributed by atoms with Gasteiger partial charge in [0.25, 0.3) is 0 Å². The van der Waals surface area contributed by atoms with Crippen LogP contribution in [0.15, 0.2) is 48.5 Å². The fraction of sp³-hybridized carbons (Fsp3) is 0.333. The molecule has 1 atom stereocenters. The number of benzene rings is 2. The van der Waals surface area contributed by atoms with Gasteiger partial charge in [-0.1, -0.05) is 42.5 Å². The summed E-state index contributed by atoms with van der Waals surface area (Å²) in [5, 5.41) is 0. The Hall–Kier alpha value is -1.71. The molecule has 0 aliphatic rings. The lowest BCUT2D eigenvalue weighted by Crippen LogP contribution is -2.22. The molecule has 0 fully saturated rings. The van der Waals surface area contributed by atoms with Gasteiger partial charge in [-0.3, -0.25) is 4.90 Å². The molecule has 0 heterocycles. The van der Waals surface area contributed by atoms with Gasteiger partial charge < -0.3 is 5.73 Å². The molecule has 1 unspecified atom stereocenters. The summed E-state index contributed by atoms with van der Waals surface area (Å²) in [6.45, 7) is 3.49. The SMILES string of the molecule is CC(c1ccccc1F)N(C)Cc1ccc(CCN)cc1. The van der Waals surface area contributed by atoms with E-state index >= 15 is 0 Å². The van der Waals surface area contributed by atoms with Gasteiger partial charge in [0.1, 0.15) is 5.82 Å². The van der Waals surface area contributed by atoms with Gasteiger partial charge in [-0.15, -0.1) is 0 Å². The van der Waals surface area contributed by atoms with E-state index in [4.69, 9.17) is 5.73 Å². The second-order valence-electron chi connectivity index (χ2n) is 5.47. The van der Waals surface area contributed by atoms with Gasteiger partial charge in [-0.25, -0.2) is 4.39 Å². The van der Waals surface area contributed by atoms with E-state index in [0.29, 0.717) is 6.54 Å². The molecule has 2 nitrogen and oxygen atoms in total. The van der Waals surface area contributed by atoms with E-state index in [9.17, 15) is 4.39 Å². The van der Waals surface area contributed by atoms with Gasteiger partial charge in [-0.05, 0) is 44.1 Å². The van der Waals surface area contributed by atoms with Crippen molar-refractivity contribution in [3.63, 3.8) is 0 Å². The zero-order valence-corrected chi connectivity index (χ0v) is 12.7. The standard InChI is InChI=1S/C18H23FN2/c1-14(17-5-3-4-6-18(17)19)21(2)13-16-9-7-15(8-10-16)11-12-20/h3-10,14H,11-13,20H2,1-2H3. The van der Waals surface area contributed by atoms with E-state index in [2.05, 4.69) is 29.2 Å². The number of nitrogens with two attached hydrogens (primary N) is 1. The zero-order chi connectivity index (χ0) is 15.2. The molecule has 0 spiro atoms. The monoisotopic (exact) mass is 286 g/mol. The van der Waals surface area contributed by atoms with Gasteiger partial charge in [0.05, 0.1) is 0 Å². The predicted octanol–water partition coefficient (Wildman–Crippen LogP) is 3.52. The van der Waals surface area contributed by atoms with Crippen LogP contribution in [0.2, 0.25) is 0 Å². The van der Waals surface area contributed by atoms with Crippen molar-refractivity contribution < 1.29 is 4.39 Å². The second-order valence-corrected chi connectivity index (χ2v) is 5.47. The van der Waals surface area contributed by atoms with Gasteiger partial charge in [0, 0.05) is 18.2 Å². The number of nitrogens with zero attached hydrogens (tertiary/aromatic N) is 1. The summed E-state index contributed by atoms with van der Waals surface area (Å²) in [6, 6.07) is 15.5. The Kier molecular flexibility index (Phi) is 5.48. The molecule has 0 bridgehead atoms. The first kappa shape index (κ1) is 15.7. The molecule has 0 amide bonds. The fourth-order valence-corrected chi connectivity index (χ4v) is 2.45. The molecule has 0 saturated heterocycles. The Bertz CT molecular complexity index is 566. The number of halogens is 1. The van der Waals surface area contributed by atoms with Gasteiger partial charge in [0.2, 0.25) is 0 Å². The van der Waals surface area contributed by atoms with Crippen molar-refractivity contribution in [2.75, 3.05) is 13.6 Å². The molecule has 2 aromatic carbocycles. The van der Waals surface area contributed by atoms with Crippen LogP contribution in [0.3, 0.4) is 0 Å². The lowest BCUT2D eigenvalue weighted by Gasteiger charge is -2.25. The maximum atomic E-state index is 13.8. The first-order valence-corrected chi connectivity index (χ1v) is 7.34. The number of rotatable bonds is 6. The van der Waals surface area contributed by atoms with Crippen LogP contribution in [-0.4, -0.2) is 18.5 Å². The van der Waals surface area contributed by atoms with Crippen molar-refractivity contribution in [2.45, 2.75) is 25.9 Å². The van der Waals surface area contributed by atoms with Crippen molar-refractivity contribution in [1.29, 1.82) is 0 Å². The van der Waals surface area contributed by atoms with Crippen LogP contribution in [0.25, 0.3) is 0 Å². The summed E-state index contributed by atoms with van der Waals surface area (Å²) in [4.78, 5) is 2.15. The van der Waals surface area contributed by atoms with E-state index in [1.807, 2.05) is 26.1 Å². The topological polar surface area (TPSA) is 29.3 Å². The zero-order valence-electron chi connectivity index (χ0n) is 12.7. The summed E-state index contributed by atoms with van der Waals surface area (Å²) in [5.74, 6) is -0.143. The van der Waals surface area contributed by atoms with E-state index in [1.54, 1.807) is 6.07 Å². The minimum absolute atomic E-state index is 0.0370. The van der Waals surface area contributed by atoms with Crippen molar-refractivity contribution in [1.82, 2.24) is 4.90 Å². The molecule has 2 N–H and O–H groups in total. The highest BCUT2D eigenvalue weighted by Crippen LogP contribution is 2.23. The lowest BCUT2D eigenvalue weighted by atomic mass is 10.0.